The van der Waals surface area contributed by atoms with Crippen molar-refractivity contribution in [3.05, 3.63) is 0 Å². The van der Waals surface area contributed by atoms with Gasteiger partial charge in [-0.15, -0.1) is 0 Å². The highest BCUT2D eigenvalue weighted by molar-refractivity contribution is 5.72. The molecule has 1 fully saturated rings. The Labute approximate surface area is 138 Å². The van der Waals surface area contributed by atoms with Crippen LogP contribution in [0.25, 0.3) is 0 Å². The summed E-state index contributed by atoms with van der Waals surface area (Å²) in [5, 5.41) is 0. The van der Waals surface area contributed by atoms with Gasteiger partial charge in [-0.25, -0.2) is 0 Å². The fraction of sp³-hybridized carbons (Fsp3) is 0.950. The van der Waals surface area contributed by atoms with Gasteiger partial charge in [-0.1, -0.05) is 90.4 Å². The van der Waals surface area contributed by atoms with E-state index in [4.69, 9.17) is 4.74 Å². The maximum Gasteiger partial charge on any atom is 0.308 e. The molecular formula is C20H38O2. The second-order valence-corrected chi connectivity index (χ2v) is 7.04. The Morgan fingerprint density at radius 2 is 1.27 bits per heavy atom. The van der Waals surface area contributed by atoms with Crippen LogP contribution in [0.3, 0.4) is 0 Å². The molecule has 0 radical (unpaired) electrons. The van der Waals surface area contributed by atoms with Crippen molar-refractivity contribution in [1.29, 1.82) is 0 Å². The molecule has 0 N–H and O–H groups in total. The standard InChI is InChI=1S/C20H38O2/c1-2-3-4-5-6-7-8-9-10-11-15-18-22-20(21)19-16-13-12-14-17-19/h19H,2-18H2,1H3. The zero-order chi connectivity index (χ0) is 15.9. The molecule has 0 aromatic carbocycles. The van der Waals surface area contributed by atoms with E-state index in [0.29, 0.717) is 6.61 Å². The van der Waals surface area contributed by atoms with E-state index in [1.807, 2.05) is 0 Å². The minimum Gasteiger partial charge on any atom is -0.465 e. The van der Waals surface area contributed by atoms with Crippen molar-refractivity contribution in [1.82, 2.24) is 0 Å². The fourth-order valence-electron chi connectivity index (χ4n) is 3.40. The number of carbonyl (C=O) groups excluding carboxylic acids is 1. The predicted molar refractivity (Wildman–Crippen MR) is 94.0 cm³/mol. The van der Waals surface area contributed by atoms with E-state index in [1.54, 1.807) is 0 Å². The quantitative estimate of drug-likeness (QED) is 0.290. The molecule has 0 aromatic rings. The van der Waals surface area contributed by atoms with Gasteiger partial charge in [0.15, 0.2) is 0 Å². The average Bonchev–Trinajstić information content (AvgIpc) is 2.56. The van der Waals surface area contributed by atoms with Crippen molar-refractivity contribution in [2.45, 2.75) is 110 Å². The van der Waals surface area contributed by atoms with Gasteiger partial charge in [-0.2, -0.15) is 0 Å². The molecule has 1 rings (SSSR count). The SMILES string of the molecule is CCCCCCCCCCCCCOC(=O)C1CCCCC1. The Kier molecular flexibility index (Phi) is 12.5. The minimum absolute atomic E-state index is 0.0757. The Morgan fingerprint density at radius 3 is 1.82 bits per heavy atom. The first-order valence-corrected chi connectivity index (χ1v) is 10.0. The third-order valence-corrected chi connectivity index (χ3v) is 4.93. The van der Waals surface area contributed by atoms with Gasteiger partial charge in [0, 0.05) is 0 Å². The van der Waals surface area contributed by atoms with Crippen molar-refractivity contribution in [2.24, 2.45) is 5.92 Å². The van der Waals surface area contributed by atoms with Crippen LogP contribution in [0.5, 0.6) is 0 Å². The van der Waals surface area contributed by atoms with E-state index in [-0.39, 0.29) is 11.9 Å². The second kappa shape index (κ2) is 14.1. The minimum atomic E-state index is 0.0757. The van der Waals surface area contributed by atoms with E-state index in [1.165, 1.54) is 83.5 Å². The molecule has 0 bridgehead atoms. The van der Waals surface area contributed by atoms with Crippen LogP contribution in [-0.4, -0.2) is 12.6 Å². The van der Waals surface area contributed by atoms with Crippen LogP contribution in [0, 0.1) is 5.92 Å². The highest BCUT2D eigenvalue weighted by Gasteiger charge is 2.21. The Balaban J connectivity index is 1.78. The summed E-state index contributed by atoms with van der Waals surface area (Å²) in [7, 11) is 0. The van der Waals surface area contributed by atoms with Gasteiger partial charge in [-0.05, 0) is 19.3 Å². The molecule has 0 amide bonds. The predicted octanol–water partition coefficient (Wildman–Crippen LogP) is 6.42. The number of rotatable bonds is 13. The van der Waals surface area contributed by atoms with Crippen LogP contribution in [-0.2, 0) is 9.53 Å². The molecule has 0 atom stereocenters. The third kappa shape index (κ3) is 10.2. The second-order valence-electron chi connectivity index (χ2n) is 7.04. The summed E-state index contributed by atoms with van der Waals surface area (Å²) in [4.78, 5) is 11.9. The largest absolute Gasteiger partial charge is 0.465 e. The van der Waals surface area contributed by atoms with Crippen molar-refractivity contribution in [3.63, 3.8) is 0 Å². The smallest absolute Gasteiger partial charge is 0.308 e. The van der Waals surface area contributed by atoms with E-state index < -0.39 is 0 Å². The van der Waals surface area contributed by atoms with Gasteiger partial charge >= 0.3 is 5.97 Å². The average molecular weight is 311 g/mol. The number of unbranched alkanes of at least 4 members (excludes halogenated alkanes) is 10. The molecule has 1 aliphatic rings. The maximum atomic E-state index is 11.9. The van der Waals surface area contributed by atoms with Crippen LogP contribution < -0.4 is 0 Å². The number of esters is 1. The summed E-state index contributed by atoms with van der Waals surface area (Å²) in [5.74, 6) is 0.285. The highest BCUT2D eigenvalue weighted by Crippen LogP contribution is 2.24. The first kappa shape index (κ1) is 19.5. The highest BCUT2D eigenvalue weighted by atomic mass is 16.5. The number of carbonyl (C=O) groups is 1. The van der Waals surface area contributed by atoms with Gasteiger partial charge in [-0.3, -0.25) is 4.79 Å². The lowest BCUT2D eigenvalue weighted by Gasteiger charge is -2.19. The zero-order valence-electron chi connectivity index (χ0n) is 14.9. The number of ether oxygens (including phenoxy) is 1. The third-order valence-electron chi connectivity index (χ3n) is 4.93. The van der Waals surface area contributed by atoms with Crippen molar-refractivity contribution >= 4 is 5.97 Å². The molecule has 22 heavy (non-hydrogen) atoms. The molecule has 2 heteroatoms. The fourth-order valence-corrected chi connectivity index (χ4v) is 3.40. The summed E-state index contributed by atoms with van der Waals surface area (Å²) >= 11 is 0. The maximum absolute atomic E-state index is 11.9. The molecule has 130 valence electrons. The lowest BCUT2D eigenvalue weighted by atomic mass is 9.89. The van der Waals surface area contributed by atoms with E-state index >= 15 is 0 Å². The Morgan fingerprint density at radius 1 is 0.773 bits per heavy atom. The molecule has 0 spiro atoms. The first-order valence-electron chi connectivity index (χ1n) is 10.0. The van der Waals surface area contributed by atoms with Crippen molar-refractivity contribution in [2.75, 3.05) is 6.61 Å². The summed E-state index contributed by atoms with van der Waals surface area (Å²) in [6.07, 6.45) is 20.5. The van der Waals surface area contributed by atoms with E-state index in [2.05, 4.69) is 6.92 Å². The van der Waals surface area contributed by atoms with Crippen LogP contribution in [0.15, 0.2) is 0 Å². The number of hydrogen-bond donors (Lipinski definition) is 0. The van der Waals surface area contributed by atoms with Gasteiger partial charge in [0.1, 0.15) is 0 Å². The first-order chi connectivity index (χ1) is 10.8. The van der Waals surface area contributed by atoms with Gasteiger partial charge in [0.25, 0.3) is 0 Å². The molecule has 0 aliphatic heterocycles. The molecular weight excluding hydrogens is 272 g/mol. The lowest BCUT2D eigenvalue weighted by molar-refractivity contribution is -0.149. The van der Waals surface area contributed by atoms with Crippen LogP contribution in [0.1, 0.15) is 110 Å². The topological polar surface area (TPSA) is 26.3 Å². The summed E-state index contributed by atoms with van der Waals surface area (Å²) in [6.45, 7) is 2.92. The van der Waals surface area contributed by atoms with Gasteiger partial charge < -0.3 is 4.74 Å². The molecule has 0 heterocycles. The molecule has 1 aliphatic carbocycles. The van der Waals surface area contributed by atoms with Crippen LogP contribution in [0.2, 0.25) is 0 Å². The normalized spacial score (nSPS) is 15.9. The molecule has 2 nitrogen and oxygen atoms in total. The van der Waals surface area contributed by atoms with Crippen molar-refractivity contribution in [3.8, 4) is 0 Å². The van der Waals surface area contributed by atoms with Crippen LogP contribution in [0.4, 0.5) is 0 Å². The van der Waals surface area contributed by atoms with E-state index in [9.17, 15) is 4.79 Å². The van der Waals surface area contributed by atoms with E-state index in [0.717, 1.165) is 19.3 Å². The van der Waals surface area contributed by atoms with Gasteiger partial charge in [0.05, 0.1) is 12.5 Å². The molecule has 1 saturated carbocycles. The molecule has 0 saturated heterocycles. The summed E-state index contributed by atoms with van der Waals surface area (Å²) in [5.41, 5.74) is 0. The van der Waals surface area contributed by atoms with Crippen LogP contribution >= 0.6 is 0 Å². The van der Waals surface area contributed by atoms with Crippen molar-refractivity contribution < 1.29 is 9.53 Å². The molecule has 0 unspecified atom stereocenters. The Bertz CT molecular complexity index is 256. The summed E-state index contributed by atoms with van der Waals surface area (Å²) in [6, 6.07) is 0. The van der Waals surface area contributed by atoms with Gasteiger partial charge in [0.2, 0.25) is 0 Å². The molecule has 0 aromatic heterocycles. The monoisotopic (exact) mass is 310 g/mol. The summed E-state index contributed by atoms with van der Waals surface area (Å²) < 4.78 is 5.43. The number of hydrogen-bond acceptors (Lipinski definition) is 2. The lowest BCUT2D eigenvalue weighted by Crippen LogP contribution is -2.20. The zero-order valence-corrected chi connectivity index (χ0v) is 14.9. The Hall–Kier alpha value is -0.530.